The molecule has 0 saturated heterocycles. The van der Waals surface area contributed by atoms with Crippen LogP contribution in [-0.2, 0) is 4.79 Å². The number of ketones is 1. The van der Waals surface area contributed by atoms with Crippen molar-refractivity contribution in [3.8, 4) is 0 Å². The van der Waals surface area contributed by atoms with Crippen molar-refractivity contribution < 1.29 is 14.7 Å². The Balaban J connectivity index is 0.00000121. The fourth-order valence-corrected chi connectivity index (χ4v) is 0.707. The average Bonchev–Trinajstić information content (AvgIpc) is 2.05. The van der Waals surface area contributed by atoms with E-state index in [-0.39, 0.29) is 43.3 Å². The Hall–Kier alpha value is -0.380. The van der Waals surface area contributed by atoms with E-state index >= 15 is 0 Å². The summed E-state index contributed by atoms with van der Waals surface area (Å²) in [6.45, 7) is 0. The maximum Gasteiger partial charge on any atom is 2.00 e. The third kappa shape index (κ3) is 2.93. The van der Waals surface area contributed by atoms with Crippen LogP contribution in [-0.4, -0.2) is 49.5 Å². The Morgan fingerprint density at radius 3 is 2.00 bits per heavy atom. The Morgan fingerprint density at radius 2 is 1.58 bits per heavy atom. The summed E-state index contributed by atoms with van der Waals surface area (Å²) in [7, 11) is 0. The van der Waals surface area contributed by atoms with Gasteiger partial charge in [-0.05, 0) is 0 Å². The first-order chi connectivity index (χ1) is 5.22. The summed E-state index contributed by atoms with van der Waals surface area (Å²) in [6, 6.07) is 7.74. The van der Waals surface area contributed by atoms with E-state index in [0.29, 0.717) is 0 Å². The third-order valence-electron chi connectivity index (χ3n) is 1.22. The zero-order chi connectivity index (χ0) is 8.27. The van der Waals surface area contributed by atoms with Crippen LogP contribution in [0.3, 0.4) is 0 Å². The van der Waals surface area contributed by atoms with Gasteiger partial charge >= 0.3 is 37.7 Å². The van der Waals surface area contributed by atoms with Crippen molar-refractivity contribution in [1.82, 2.24) is 0 Å². The molecule has 1 rings (SSSR count). The number of carbonyl (C=O) groups excluding carboxylic acids is 2. The largest absolute Gasteiger partial charge is 2.00 e. The molecule has 1 aromatic carbocycles. The molecule has 0 saturated carbocycles. The molecule has 4 heteroatoms. The summed E-state index contributed by atoms with van der Waals surface area (Å²) in [4.78, 5) is 20.7. The van der Waals surface area contributed by atoms with Crippen LogP contribution in [0.5, 0.6) is 0 Å². The van der Waals surface area contributed by atoms with Crippen LogP contribution in [0.15, 0.2) is 30.3 Å². The molecule has 56 valence electrons. The fourth-order valence-electron chi connectivity index (χ4n) is 0.707. The molecular weight excluding hydrogens is 184 g/mol. The number of carboxylic acid groups (broad SMARTS) is 1. The number of carboxylic acids is 1. The Labute approximate surface area is 99.4 Å². The number of carbonyl (C=O) groups is 2. The van der Waals surface area contributed by atoms with Crippen molar-refractivity contribution >= 4 is 49.5 Å². The van der Waals surface area contributed by atoms with Gasteiger partial charge in [0.2, 0.25) is 5.78 Å². The zero-order valence-electron chi connectivity index (χ0n) is 6.32. The molecule has 12 heavy (non-hydrogen) atoms. The molecule has 3 nitrogen and oxygen atoms in total. The number of Topliss-reactive ketones (excluding diaryl/α,β-unsaturated/α-hetero) is 1. The smallest absolute Gasteiger partial charge is 0.541 e. The second-order valence-corrected chi connectivity index (χ2v) is 1.98. The van der Waals surface area contributed by atoms with E-state index in [4.69, 9.17) is 0 Å². The minimum Gasteiger partial charge on any atom is -0.541 e. The maximum absolute atomic E-state index is 10.7. The number of benzene rings is 1. The predicted octanol–water partition coefficient (Wildman–Crippen LogP) is -0.762. The first-order valence-corrected chi connectivity index (χ1v) is 3.02. The molecule has 0 heterocycles. The van der Waals surface area contributed by atoms with Crippen LogP contribution in [0.2, 0.25) is 0 Å². The molecule has 0 aliphatic carbocycles. The normalized spacial score (nSPS) is 8.33. The molecule has 0 radical (unpaired) electrons. The molecule has 0 spiro atoms. The van der Waals surface area contributed by atoms with Gasteiger partial charge in [-0.3, -0.25) is 4.79 Å². The van der Waals surface area contributed by atoms with Crippen molar-refractivity contribution in [2.24, 2.45) is 0 Å². The quantitative estimate of drug-likeness (QED) is 0.349. The summed E-state index contributed by atoms with van der Waals surface area (Å²) in [6.07, 6.45) is 0. The summed E-state index contributed by atoms with van der Waals surface area (Å²) in [5.41, 5.74) is 0.146. The van der Waals surface area contributed by atoms with Gasteiger partial charge in [-0.1, -0.05) is 30.3 Å². The second-order valence-electron chi connectivity index (χ2n) is 1.98. The molecule has 0 atom stereocenters. The molecule has 1 aromatic rings. The zero-order valence-corrected chi connectivity index (χ0v) is 8.53. The van der Waals surface area contributed by atoms with Crippen molar-refractivity contribution in [3.63, 3.8) is 0 Å². The van der Waals surface area contributed by atoms with Gasteiger partial charge in [0, 0.05) is 5.56 Å². The van der Waals surface area contributed by atoms with E-state index in [9.17, 15) is 14.7 Å². The minimum absolute atomic E-state index is 0. The molecule has 0 N–H and O–H groups in total. The van der Waals surface area contributed by atoms with Crippen molar-refractivity contribution in [1.29, 1.82) is 0 Å². The predicted molar refractivity (Wildman–Crippen MR) is 41.5 cm³/mol. The van der Waals surface area contributed by atoms with E-state index in [1.165, 1.54) is 12.1 Å². The first kappa shape index (κ1) is 11.6. The molecule has 0 unspecified atom stereocenters. The SMILES string of the molecule is O=C([O-])C(=O)c1ccccc1.[Ca+2]. The number of aliphatic carboxylic acids is 1. The van der Waals surface area contributed by atoms with Crippen LogP contribution < -0.4 is 5.11 Å². The van der Waals surface area contributed by atoms with Crippen molar-refractivity contribution in [2.45, 2.75) is 0 Å². The molecule has 0 aliphatic heterocycles. The topological polar surface area (TPSA) is 57.2 Å². The standard InChI is InChI=1S/C8H6O3.Ca/c9-7(8(10)11)6-4-2-1-3-5-6;/h1-5H,(H,10,11);/q;+2/p-1. The number of rotatable bonds is 2. The number of hydrogen-bond donors (Lipinski definition) is 0. The molecule has 0 aromatic heterocycles. The summed E-state index contributed by atoms with van der Waals surface area (Å²) in [5, 5.41) is 10.0. The van der Waals surface area contributed by atoms with Crippen LogP contribution >= 0.6 is 0 Å². The van der Waals surface area contributed by atoms with Gasteiger partial charge in [-0.25, -0.2) is 0 Å². The van der Waals surface area contributed by atoms with Crippen molar-refractivity contribution in [2.75, 3.05) is 0 Å². The van der Waals surface area contributed by atoms with Gasteiger partial charge in [-0.15, -0.1) is 0 Å². The summed E-state index contributed by atoms with van der Waals surface area (Å²) < 4.78 is 0. The molecule has 0 bridgehead atoms. The van der Waals surface area contributed by atoms with Gasteiger partial charge < -0.3 is 9.90 Å². The van der Waals surface area contributed by atoms with Crippen LogP contribution in [0.4, 0.5) is 0 Å². The number of hydrogen-bond acceptors (Lipinski definition) is 3. The van der Waals surface area contributed by atoms with E-state index in [1.54, 1.807) is 18.2 Å². The monoisotopic (exact) mass is 189 g/mol. The van der Waals surface area contributed by atoms with Gasteiger partial charge in [-0.2, -0.15) is 0 Å². The van der Waals surface area contributed by atoms with Gasteiger partial charge in [0.15, 0.2) is 0 Å². The fraction of sp³-hybridized carbons (Fsp3) is 0. The van der Waals surface area contributed by atoms with Crippen molar-refractivity contribution in [3.05, 3.63) is 35.9 Å². The molecular formula is C8H5CaO3+. The summed E-state index contributed by atoms with van der Waals surface area (Å²) >= 11 is 0. The first-order valence-electron chi connectivity index (χ1n) is 3.02. The third-order valence-corrected chi connectivity index (χ3v) is 1.22. The van der Waals surface area contributed by atoms with Gasteiger partial charge in [0.25, 0.3) is 0 Å². The van der Waals surface area contributed by atoms with E-state index in [0.717, 1.165) is 0 Å². The van der Waals surface area contributed by atoms with Gasteiger partial charge in [0.05, 0.1) is 0 Å². The van der Waals surface area contributed by atoms with Gasteiger partial charge in [0.1, 0.15) is 5.97 Å². The van der Waals surface area contributed by atoms with Crippen LogP contribution in [0.25, 0.3) is 0 Å². The van der Waals surface area contributed by atoms with Crippen LogP contribution in [0, 0.1) is 0 Å². The minimum atomic E-state index is -1.67. The molecule has 0 fully saturated rings. The summed E-state index contributed by atoms with van der Waals surface area (Å²) in [5.74, 6) is -2.65. The second kappa shape index (κ2) is 5.30. The van der Waals surface area contributed by atoms with Crippen LogP contribution in [0.1, 0.15) is 10.4 Å². The van der Waals surface area contributed by atoms with E-state index in [2.05, 4.69) is 0 Å². The van der Waals surface area contributed by atoms with E-state index < -0.39 is 11.8 Å². The Morgan fingerprint density at radius 1 is 1.08 bits per heavy atom. The Kier molecular flexibility index (Phi) is 5.13. The Bertz CT molecular complexity index is 282. The molecule has 0 amide bonds. The maximum atomic E-state index is 10.7. The van der Waals surface area contributed by atoms with E-state index in [1.807, 2.05) is 0 Å². The average molecular weight is 189 g/mol. The molecule has 0 aliphatic rings.